The number of ether oxygens (including phenoxy) is 2. The highest BCUT2D eigenvalue weighted by Crippen LogP contribution is 2.48. The molecule has 13 heteroatoms. The molecule has 2 aliphatic rings. The quantitative estimate of drug-likeness (QED) is 0.132. The van der Waals surface area contributed by atoms with Crippen molar-refractivity contribution in [3.05, 3.63) is 113 Å². The number of rotatable bonds is 7. The van der Waals surface area contributed by atoms with Crippen LogP contribution in [0.15, 0.2) is 96.0 Å². The molecule has 8 nitrogen and oxygen atoms in total. The van der Waals surface area contributed by atoms with Crippen LogP contribution in [0, 0.1) is 12.8 Å². The van der Waals surface area contributed by atoms with Gasteiger partial charge < -0.3 is 14.6 Å². The number of fused-ring (bicyclic) bond motifs is 5. The maximum atomic E-state index is 13.5. The van der Waals surface area contributed by atoms with E-state index in [0.717, 1.165) is 47.3 Å². The Morgan fingerprint density at radius 1 is 0.959 bits per heavy atom. The second-order valence-electron chi connectivity index (χ2n) is 12.0. The normalized spacial score (nSPS) is 16.1. The van der Waals surface area contributed by atoms with Crippen LogP contribution >= 0.6 is 0 Å². The molecule has 1 atom stereocenters. The molecule has 7 rings (SSSR count). The lowest BCUT2D eigenvalue weighted by atomic mass is 9.87. The van der Waals surface area contributed by atoms with Gasteiger partial charge in [0.2, 0.25) is 0 Å². The summed E-state index contributed by atoms with van der Waals surface area (Å²) < 4.78 is 94.6. The molecule has 0 bridgehead atoms. The molecule has 0 radical (unpaired) electrons. The summed E-state index contributed by atoms with van der Waals surface area (Å²) >= 11 is 0. The van der Waals surface area contributed by atoms with Crippen LogP contribution in [0.5, 0.6) is 17.2 Å². The van der Waals surface area contributed by atoms with E-state index in [1.54, 1.807) is 48.7 Å². The van der Waals surface area contributed by atoms with Crippen molar-refractivity contribution in [3.63, 3.8) is 0 Å². The maximum absolute atomic E-state index is 13.5. The Labute approximate surface area is 280 Å². The summed E-state index contributed by atoms with van der Waals surface area (Å²) in [5.41, 5.74) is 3.40. The van der Waals surface area contributed by atoms with Crippen molar-refractivity contribution in [1.29, 1.82) is 0 Å². The van der Waals surface area contributed by atoms with Gasteiger partial charge in [0.15, 0.2) is 6.10 Å². The number of nitrogens with zero attached hydrogens (tertiary/aromatic N) is 2. The van der Waals surface area contributed by atoms with Gasteiger partial charge in [-0.25, -0.2) is 0 Å². The number of pyridine rings is 1. The molecule has 5 aromatic rings. The Kier molecular flexibility index (Phi) is 9.52. The smallest absolute Gasteiger partial charge is 0.416 e. The predicted octanol–water partition coefficient (Wildman–Crippen LogP) is 7.63. The molecule has 0 amide bonds. The Morgan fingerprint density at radius 3 is 2.33 bits per heavy atom. The van der Waals surface area contributed by atoms with Gasteiger partial charge in [0.25, 0.3) is 10.1 Å². The monoisotopic (exact) mass is 696 g/mol. The highest BCUT2D eigenvalue weighted by atomic mass is 32.2. The summed E-state index contributed by atoms with van der Waals surface area (Å²) in [5, 5.41) is 10.7. The third kappa shape index (κ3) is 7.64. The Hall–Kier alpha value is -4.72. The van der Waals surface area contributed by atoms with Crippen LogP contribution in [0.3, 0.4) is 0 Å². The standard InChI is InChI=1S/C29H24F4N2O3.C7H8O3S/c30-13-17-15-35(16-17)9-10-37-21-5-1-18(2-6-21)28-27-23-8-4-20(36)12-25(23)34-14-24(27)22-7-3-19(29(31,32)33)11-26(22)38-28;1-6-2-4-7(5-3-6)11(8,9)10/h1-8,11-12,14,17,28,36H,9-10,13,15-16H2;2-5H,1H3,(H,8,9,10). The zero-order valence-corrected chi connectivity index (χ0v) is 27.0. The SMILES string of the molecule is Cc1ccc(S(=O)(=O)O)cc1.Oc1ccc2c3c(cnc2c1)-c1ccc(C(F)(F)F)cc1OC3c1ccc(OCCN2CC(CF)C2)cc1. The number of phenolic OH excluding ortho intramolecular Hbond substituents is 1. The number of aromatic hydroxyl groups is 1. The van der Waals surface area contributed by atoms with Crippen molar-refractivity contribution in [3.8, 4) is 28.4 Å². The van der Waals surface area contributed by atoms with Gasteiger partial charge in [0.1, 0.15) is 23.9 Å². The molecular weight excluding hydrogens is 664 g/mol. The molecule has 0 aliphatic carbocycles. The minimum absolute atomic E-state index is 0.0633. The van der Waals surface area contributed by atoms with Gasteiger partial charge in [-0.15, -0.1) is 0 Å². The van der Waals surface area contributed by atoms with Crippen molar-refractivity contribution in [1.82, 2.24) is 9.88 Å². The highest BCUT2D eigenvalue weighted by molar-refractivity contribution is 7.85. The first-order valence-electron chi connectivity index (χ1n) is 15.4. The van der Waals surface area contributed by atoms with E-state index >= 15 is 0 Å². The second-order valence-corrected chi connectivity index (χ2v) is 13.4. The first-order chi connectivity index (χ1) is 23.3. The highest BCUT2D eigenvalue weighted by Gasteiger charge is 2.35. The molecule has 1 unspecified atom stereocenters. The average Bonchev–Trinajstić information content (AvgIpc) is 3.04. The number of aryl methyl sites for hydroxylation is 1. The molecule has 0 spiro atoms. The van der Waals surface area contributed by atoms with Crippen LogP contribution in [0.2, 0.25) is 0 Å². The average molecular weight is 697 g/mol. The van der Waals surface area contributed by atoms with Crippen LogP contribution < -0.4 is 9.47 Å². The van der Waals surface area contributed by atoms with Crippen molar-refractivity contribution in [2.24, 2.45) is 5.92 Å². The van der Waals surface area contributed by atoms with Crippen molar-refractivity contribution < 1.29 is 45.1 Å². The van der Waals surface area contributed by atoms with E-state index in [-0.39, 0.29) is 29.0 Å². The van der Waals surface area contributed by atoms with E-state index in [1.165, 1.54) is 18.2 Å². The molecule has 49 heavy (non-hydrogen) atoms. The zero-order chi connectivity index (χ0) is 34.9. The van der Waals surface area contributed by atoms with Crippen molar-refractivity contribution in [2.75, 3.05) is 32.9 Å². The van der Waals surface area contributed by atoms with E-state index in [0.29, 0.717) is 35.5 Å². The molecule has 4 aromatic carbocycles. The molecular formula is C36H32F4N2O6S. The topological polar surface area (TPSA) is 109 Å². The minimum atomic E-state index is -4.50. The van der Waals surface area contributed by atoms with Crippen molar-refractivity contribution >= 4 is 21.0 Å². The summed E-state index contributed by atoms with van der Waals surface area (Å²) in [5.74, 6) is 0.962. The molecule has 1 saturated heterocycles. The third-order valence-corrected chi connectivity index (χ3v) is 9.30. The predicted molar refractivity (Wildman–Crippen MR) is 175 cm³/mol. The molecule has 2 N–H and O–H groups in total. The largest absolute Gasteiger partial charge is 0.508 e. The molecule has 256 valence electrons. The van der Waals surface area contributed by atoms with Crippen molar-refractivity contribution in [2.45, 2.75) is 24.1 Å². The fourth-order valence-electron chi connectivity index (χ4n) is 5.84. The summed E-state index contributed by atoms with van der Waals surface area (Å²) in [6.45, 7) is 4.22. The minimum Gasteiger partial charge on any atom is -0.508 e. The molecule has 0 saturated carbocycles. The Balaban J connectivity index is 0.000000324. The van der Waals surface area contributed by atoms with E-state index in [2.05, 4.69) is 9.88 Å². The van der Waals surface area contributed by atoms with Crippen LogP contribution in [0.4, 0.5) is 17.6 Å². The lowest BCUT2D eigenvalue weighted by Crippen LogP contribution is -2.49. The maximum Gasteiger partial charge on any atom is 0.416 e. The van der Waals surface area contributed by atoms with Crippen LogP contribution in [-0.2, 0) is 16.3 Å². The number of phenols is 1. The number of likely N-dealkylation sites (tertiary alicyclic amines) is 1. The molecule has 1 aromatic heterocycles. The Bertz CT molecular complexity index is 2070. The Morgan fingerprint density at radius 2 is 1.67 bits per heavy atom. The van der Waals surface area contributed by atoms with Crippen LogP contribution in [-0.4, -0.2) is 60.9 Å². The van der Waals surface area contributed by atoms with Gasteiger partial charge in [0, 0.05) is 59.9 Å². The van der Waals surface area contributed by atoms with E-state index in [4.69, 9.17) is 14.0 Å². The summed E-state index contributed by atoms with van der Waals surface area (Å²) in [6.07, 6.45) is -3.60. The second kappa shape index (κ2) is 13.7. The van der Waals surface area contributed by atoms with E-state index in [9.17, 15) is 31.1 Å². The fourth-order valence-corrected chi connectivity index (χ4v) is 6.32. The summed E-state index contributed by atoms with van der Waals surface area (Å²) in [6, 6.07) is 21.6. The number of hydrogen-bond donors (Lipinski definition) is 2. The van der Waals surface area contributed by atoms with Gasteiger partial charge >= 0.3 is 6.18 Å². The summed E-state index contributed by atoms with van der Waals surface area (Å²) in [7, 11) is -4.02. The number of halogens is 4. The molecule has 2 aliphatic heterocycles. The van der Waals surface area contributed by atoms with Gasteiger partial charge in [0.05, 0.1) is 22.7 Å². The first-order valence-corrected chi connectivity index (χ1v) is 16.8. The number of hydrogen-bond acceptors (Lipinski definition) is 7. The van der Waals surface area contributed by atoms with Gasteiger partial charge in [-0.3, -0.25) is 18.8 Å². The number of alkyl halides is 4. The zero-order valence-electron chi connectivity index (χ0n) is 26.2. The molecule has 1 fully saturated rings. The third-order valence-electron chi connectivity index (χ3n) is 8.43. The lowest BCUT2D eigenvalue weighted by Gasteiger charge is -2.37. The van der Waals surface area contributed by atoms with Gasteiger partial charge in [-0.05, 0) is 67.1 Å². The van der Waals surface area contributed by atoms with E-state index < -0.39 is 28.0 Å². The summed E-state index contributed by atoms with van der Waals surface area (Å²) in [4.78, 5) is 6.52. The number of benzene rings is 4. The fraction of sp³-hybridized carbons (Fsp3) is 0.250. The van der Waals surface area contributed by atoms with Gasteiger partial charge in [-0.2, -0.15) is 21.6 Å². The molecule has 3 heterocycles. The van der Waals surface area contributed by atoms with Gasteiger partial charge in [-0.1, -0.05) is 29.8 Å². The van der Waals surface area contributed by atoms with E-state index in [1.807, 2.05) is 19.1 Å². The lowest BCUT2D eigenvalue weighted by molar-refractivity contribution is -0.137. The number of aromatic nitrogens is 1. The van der Waals surface area contributed by atoms with Crippen LogP contribution in [0.1, 0.15) is 28.4 Å². The van der Waals surface area contributed by atoms with Crippen LogP contribution in [0.25, 0.3) is 22.0 Å². The first kappa shape index (κ1) is 34.2.